The standard InChI is InChI=1S/C8H14N2O3/c1-9-7(11)8(12)10-13-6-4-2-3-5-6/h6H,2-5H2,1H3,(H,9,11)(H,10,12). The average Bonchev–Trinajstić information content (AvgIpc) is 2.65. The largest absolute Gasteiger partial charge is 0.351 e. The number of likely N-dealkylation sites (N-methyl/N-ethyl adjacent to an activating group) is 1. The van der Waals surface area contributed by atoms with Gasteiger partial charge in [-0.15, -0.1) is 0 Å². The molecular formula is C8H14N2O3. The molecule has 0 aromatic heterocycles. The normalized spacial score (nSPS) is 17.0. The van der Waals surface area contributed by atoms with Gasteiger partial charge in [-0.05, 0) is 12.8 Å². The number of amides is 2. The van der Waals surface area contributed by atoms with Crippen LogP contribution >= 0.6 is 0 Å². The van der Waals surface area contributed by atoms with Crippen LogP contribution in [0.4, 0.5) is 0 Å². The lowest BCUT2D eigenvalue weighted by Crippen LogP contribution is -2.39. The summed E-state index contributed by atoms with van der Waals surface area (Å²) in [6.07, 6.45) is 4.23. The number of carbonyl (C=O) groups is 2. The highest BCUT2D eigenvalue weighted by Crippen LogP contribution is 2.19. The van der Waals surface area contributed by atoms with E-state index in [4.69, 9.17) is 4.84 Å². The van der Waals surface area contributed by atoms with Crippen molar-refractivity contribution in [1.29, 1.82) is 0 Å². The Morgan fingerprint density at radius 3 is 2.38 bits per heavy atom. The summed E-state index contributed by atoms with van der Waals surface area (Å²) in [5.41, 5.74) is 2.12. The maximum absolute atomic E-state index is 10.9. The molecule has 0 aromatic carbocycles. The lowest BCUT2D eigenvalue weighted by molar-refractivity contribution is -0.149. The van der Waals surface area contributed by atoms with Crippen LogP contribution in [-0.2, 0) is 14.4 Å². The lowest BCUT2D eigenvalue weighted by Gasteiger charge is -2.10. The molecule has 2 N–H and O–H groups in total. The highest BCUT2D eigenvalue weighted by atomic mass is 16.7. The van der Waals surface area contributed by atoms with Gasteiger partial charge in [-0.25, -0.2) is 5.48 Å². The Morgan fingerprint density at radius 1 is 1.23 bits per heavy atom. The minimum Gasteiger partial charge on any atom is -0.351 e. The van der Waals surface area contributed by atoms with Crippen molar-refractivity contribution in [1.82, 2.24) is 10.8 Å². The molecule has 2 amide bonds. The SMILES string of the molecule is CNC(=O)C(=O)NOC1CCCC1. The predicted molar refractivity (Wildman–Crippen MR) is 45.6 cm³/mol. The van der Waals surface area contributed by atoms with Gasteiger partial charge >= 0.3 is 11.8 Å². The van der Waals surface area contributed by atoms with Crippen LogP contribution in [0.3, 0.4) is 0 Å². The second-order valence-electron chi connectivity index (χ2n) is 3.03. The van der Waals surface area contributed by atoms with Gasteiger partial charge in [0.05, 0.1) is 6.10 Å². The zero-order valence-electron chi connectivity index (χ0n) is 7.63. The van der Waals surface area contributed by atoms with Crippen LogP contribution in [0.2, 0.25) is 0 Å². The molecular weight excluding hydrogens is 172 g/mol. The Balaban J connectivity index is 2.17. The zero-order chi connectivity index (χ0) is 9.68. The molecule has 1 fully saturated rings. The molecule has 0 aliphatic heterocycles. The Labute approximate surface area is 76.8 Å². The van der Waals surface area contributed by atoms with Gasteiger partial charge in [-0.3, -0.25) is 14.4 Å². The van der Waals surface area contributed by atoms with Crippen LogP contribution in [0.15, 0.2) is 0 Å². The van der Waals surface area contributed by atoms with Crippen LogP contribution < -0.4 is 10.8 Å². The van der Waals surface area contributed by atoms with Crippen LogP contribution in [-0.4, -0.2) is 25.0 Å². The summed E-state index contributed by atoms with van der Waals surface area (Å²) in [6, 6.07) is 0. The van der Waals surface area contributed by atoms with E-state index in [9.17, 15) is 9.59 Å². The van der Waals surface area contributed by atoms with Crippen LogP contribution in [0.5, 0.6) is 0 Å². The molecule has 0 spiro atoms. The minimum atomic E-state index is -0.741. The van der Waals surface area contributed by atoms with E-state index in [-0.39, 0.29) is 6.10 Å². The third kappa shape index (κ3) is 3.02. The predicted octanol–water partition coefficient (Wildman–Crippen LogP) is -0.277. The van der Waals surface area contributed by atoms with Gasteiger partial charge in [0.2, 0.25) is 0 Å². The fourth-order valence-electron chi connectivity index (χ4n) is 1.30. The van der Waals surface area contributed by atoms with E-state index in [1.54, 1.807) is 0 Å². The van der Waals surface area contributed by atoms with Gasteiger partial charge in [0, 0.05) is 7.05 Å². The van der Waals surface area contributed by atoms with E-state index < -0.39 is 11.8 Å². The molecule has 1 saturated carbocycles. The summed E-state index contributed by atoms with van der Waals surface area (Å²) in [4.78, 5) is 26.6. The van der Waals surface area contributed by atoms with E-state index in [0.29, 0.717) is 0 Å². The van der Waals surface area contributed by atoms with E-state index >= 15 is 0 Å². The van der Waals surface area contributed by atoms with Crippen molar-refractivity contribution >= 4 is 11.8 Å². The summed E-state index contributed by atoms with van der Waals surface area (Å²) >= 11 is 0. The molecule has 5 heteroatoms. The summed E-state index contributed by atoms with van der Waals surface area (Å²) in [6.45, 7) is 0. The van der Waals surface area contributed by atoms with Gasteiger partial charge in [-0.1, -0.05) is 12.8 Å². The Morgan fingerprint density at radius 2 is 1.85 bits per heavy atom. The quantitative estimate of drug-likeness (QED) is 0.460. The highest BCUT2D eigenvalue weighted by molar-refractivity contribution is 6.34. The highest BCUT2D eigenvalue weighted by Gasteiger charge is 2.18. The van der Waals surface area contributed by atoms with Crippen molar-refractivity contribution in [3.63, 3.8) is 0 Å². The fourth-order valence-corrected chi connectivity index (χ4v) is 1.30. The van der Waals surface area contributed by atoms with Gasteiger partial charge in [0.15, 0.2) is 0 Å². The lowest BCUT2D eigenvalue weighted by atomic mass is 10.3. The van der Waals surface area contributed by atoms with Crippen LogP contribution in [0.1, 0.15) is 25.7 Å². The Kier molecular flexibility index (Phi) is 3.70. The van der Waals surface area contributed by atoms with Gasteiger partial charge in [-0.2, -0.15) is 0 Å². The monoisotopic (exact) mass is 186 g/mol. The number of nitrogens with one attached hydrogen (secondary N) is 2. The molecule has 0 atom stereocenters. The van der Waals surface area contributed by atoms with E-state index in [2.05, 4.69) is 10.8 Å². The summed E-state index contributed by atoms with van der Waals surface area (Å²) in [5, 5.41) is 2.21. The summed E-state index contributed by atoms with van der Waals surface area (Å²) in [7, 11) is 1.40. The molecule has 0 radical (unpaired) electrons. The average molecular weight is 186 g/mol. The number of hydrogen-bond acceptors (Lipinski definition) is 3. The molecule has 5 nitrogen and oxygen atoms in total. The molecule has 13 heavy (non-hydrogen) atoms. The van der Waals surface area contributed by atoms with E-state index in [1.807, 2.05) is 0 Å². The van der Waals surface area contributed by atoms with Crippen molar-refractivity contribution in [2.24, 2.45) is 0 Å². The van der Waals surface area contributed by atoms with Crippen molar-refractivity contribution in [3.05, 3.63) is 0 Å². The Bertz CT molecular complexity index is 200. The molecule has 1 rings (SSSR count). The topological polar surface area (TPSA) is 67.4 Å². The van der Waals surface area contributed by atoms with Gasteiger partial charge in [0.1, 0.15) is 0 Å². The second-order valence-corrected chi connectivity index (χ2v) is 3.03. The van der Waals surface area contributed by atoms with Crippen molar-refractivity contribution in [2.75, 3.05) is 7.05 Å². The molecule has 0 heterocycles. The van der Waals surface area contributed by atoms with Gasteiger partial charge in [0.25, 0.3) is 0 Å². The Hall–Kier alpha value is -1.10. The van der Waals surface area contributed by atoms with E-state index in [1.165, 1.54) is 7.05 Å². The molecule has 1 aliphatic rings. The zero-order valence-corrected chi connectivity index (χ0v) is 7.63. The first-order valence-electron chi connectivity index (χ1n) is 4.41. The third-order valence-electron chi connectivity index (χ3n) is 2.05. The van der Waals surface area contributed by atoms with Crippen molar-refractivity contribution in [3.8, 4) is 0 Å². The second kappa shape index (κ2) is 4.81. The fraction of sp³-hybridized carbons (Fsp3) is 0.750. The molecule has 0 saturated heterocycles. The van der Waals surface area contributed by atoms with Crippen LogP contribution in [0.25, 0.3) is 0 Å². The third-order valence-corrected chi connectivity index (χ3v) is 2.05. The molecule has 1 aliphatic carbocycles. The number of carbonyl (C=O) groups excluding carboxylic acids is 2. The first kappa shape index (κ1) is 9.98. The number of hydroxylamine groups is 1. The molecule has 0 aromatic rings. The smallest absolute Gasteiger partial charge is 0.332 e. The number of hydrogen-bond donors (Lipinski definition) is 2. The van der Waals surface area contributed by atoms with Gasteiger partial charge < -0.3 is 5.32 Å². The molecule has 0 bridgehead atoms. The maximum atomic E-state index is 10.9. The summed E-state index contributed by atoms with van der Waals surface area (Å²) in [5.74, 6) is -1.42. The van der Waals surface area contributed by atoms with Crippen LogP contribution in [0, 0.1) is 0 Å². The number of rotatable bonds is 2. The van der Waals surface area contributed by atoms with Crippen molar-refractivity contribution in [2.45, 2.75) is 31.8 Å². The minimum absolute atomic E-state index is 0.0774. The molecule has 0 unspecified atom stereocenters. The first-order chi connectivity index (χ1) is 6.24. The molecule has 74 valence electrons. The van der Waals surface area contributed by atoms with E-state index in [0.717, 1.165) is 25.7 Å². The van der Waals surface area contributed by atoms with Crippen molar-refractivity contribution < 1.29 is 14.4 Å². The summed E-state index contributed by atoms with van der Waals surface area (Å²) < 4.78 is 0. The maximum Gasteiger partial charge on any atom is 0.332 e. The first-order valence-corrected chi connectivity index (χ1v) is 4.41.